The molecule has 4 rings (SSSR count). The molecule has 0 fully saturated rings. The number of rotatable bonds is 9. The number of hydrogen-bond acceptors (Lipinski definition) is 4. The summed E-state index contributed by atoms with van der Waals surface area (Å²) in [5, 5.41) is 4.78. The number of hydrogen-bond donors (Lipinski definition) is 1. The Balaban J connectivity index is 1.62. The molecule has 3 aromatic carbocycles. The SMILES string of the molecule is CC[C@@H](C)NC(=O)[C@@H](C)N(Cc1cccc(OC)c1)C(=O)CN1C(=O)c2cccc3cccc1c23. The van der Waals surface area contributed by atoms with Gasteiger partial charge in [-0.15, -0.1) is 0 Å². The molecule has 7 heteroatoms. The summed E-state index contributed by atoms with van der Waals surface area (Å²) in [4.78, 5) is 43.0. The molecule has 7 nitrogen and oxygen atoms in total. The maximum Gasteiger partial charge on any atom is 0.259 e. The van der Waals surface area contributed by atoms with Gasteiger partial charge in [0.25, 0.3) is 5.91 Å². The van der Waals surface area contributed by atoms with Crippen molar-refractivity contribution in [3.63, 3.8) is 0 Å². The van der Waals surface area contributed by atoms with Gasteiger partial charge < -0.3 is 15.0 Å². The molecule has 0 spiro atoms. The van der Waals surface area contributed by atoms with E-state index in [1.807, 2.05) is 68.4 Å². The Labute approximate surface area is 205 Å². The first-order valence-corrected chi connectivity index (χ1v) is 11.9. The lowest BCUT2D eigenvalue weighted by atomic mass is 10.1. The van der Waals surface area contributed by atoms with Crippen LogP contribution in [0.2, 0.25) is 0 Å². The average molecular weight is 474 g/mol. The average Bonchev–Trinajstić information content (AvgIpc) is 3.14. The lowest BCUT2D eigenvalue weighted by molar-refractivity contribution is -0.139. The number of methoxy groups -OCH3 is 1. The summed E-state index contributed by atoms with van der Waals surface area (Å²) in [5.41, 5.74) is 2.14. The highest BCUT2D eigenvalue weighted by Crippen LogP contribution is 2.37. The zero-order chi connectivity index (χ0) is 25.1. The van der Waals surface area contributed by atoms with Crippen molar-refractivity contribution < 1.29 is 19.1 Å². The molecule has 35 heavy (non-hydrogen) atoms. The predicted molar refractivity (Wildman–Crippen MR) is 137 cm³/mol. The molecule has 0 unspecified atom stereocenters. The second-order valence-corrected chi connectivity index (χ2v) is 8.94. The van der Waals surface area contributed by atoms with Crippen molar-refractivity contribution in [2.45, 2.75) is 45.8 Å². The van der Waals surface area contributed by atoms with Crippen molar-refractivity contribution in [3.8, 4) is 5.75 Å². The van der Waals surface area contributed by atoms with E-state index >= 15 is 0 Å². The molecule has 2 atom stereocenters. The smallest absolute Gasteiger partial charge is 0.259 e. The standard InChI is InChI=1S/C28H31N3O4/c1-5-18(2)29-27(33)19(3)30(16-20-9-6-12-22(15-20)35-4)25(32)17-31-24-14-8-11-21-10-7-13-23(26(21)24)28(31)34/h6-15,18-19H,5,16-17H2,1-4H3,(H,29,33)/t18-,19-/m1/s1. The van der Waals surface area contributed by atoms with E-state index in [0.717, 1.165) is 28.4 Å². The first-order chi connectivity index (χ1) is 16.8. The normalized spacial score (nSPS) is 14.1. The van der Waals surface area contributed by atoms with Gasteiger partial charge in [-0.25, -0.2) is 0 Å². The Bertz CT molecular complexity index is 1270. The van der Waals surface area contributed by atoms with Gasteiger partial charge in [0.2, 0.25) is 11.8 Å². The van der Waals surface area contributed by atoms with Crippen LogP contribution < -0.4 is 15.0 Å². The van der Waals surface area contributed by atoms with Crippen molar-refractivity contribution in [1.82, 2.24) is 10.2 Å². The number of carbonyl (C=O) groups excluding carboxylic acids is 3. The molecule has 3 amide bonds. The fourth-order valence-electron chi connectivity index (χ4n) is 4.38. The van der Waals surface area contributed by atoms with Gasteiger partial charge in [-0.3, -0.25) is 19.3 Å². The van der Waals surface area contributed by atoms with Gasteiger partial charge in [-0.1, -0.05) is 43.3 Å². The summed E-state index contributed by atoms with van der Waals surface area (Å²) in [6.45, 7) is 5.70. The highest BCUT2D eigenvalue weighted by atomic mass is 16.5. The van der Waals surface area contributed by atoms with Crippen LogP contribution in [0.4, 0.5) is 5.69 Å². The highest BCUT2D eigenvalue weighted by Gasteiger charge is 2.34. The van der Waals surface area contributed by atoms with Crippen LogP contribution in [0.15, 0.2) is 60.7 Å². The van der Waals surface area contributed by atoms with E-state index in [1.165, 1.54) is 9.80 Å². The Morgan fingerprint density at radius 2 is 1.77 bits per heavy atom. The molecule has 1 heterocycles. The van der Waals surface area contributed by atoms with E-state index in [4.69, 9.17) is 4.74 Å². The zero-order valence-corrected chi connectivity index (χ0v) is 20.6. The Morgan fingerprint density at radius 1 is 1.06 bits per heavy atom. The molecule has 0 radical (unpaired) electrons. The van der Waals surface area contributed by atoms with Crippen molar-refractivity contribution in [2.75, 3.05) is 18.6 Å². The minimum absolute atomic E-state index is 0.00835. The predicted octanol–water partition coefficient (Wildman–Crippen LogP) is 4.14. The minimum Gasteiger partial charge on any atom is -0.497 e. The summed E-state index contributed by atoms with van der Waals surface area (Å²) >= 11 is 0. The second-order valence-electron chi connectivity index (χ2n) is 8.94. The van der Waals surface area contributed by atoms with E-state index in [0.29, 0.717) is 11.3 Å². The first-order valence-electron chi connectivity index (χ1n) is 11.9. The van der Waals surface area contributed by atoms with Crippen LogP contribution in [-0.4, -0.2) is 48.4 Å². The fourth-order valence-corrected chi connectivity index (χ4v) is 4.38. The maximum atomic E-state index is 13.7. The maximum absolute atomic E-state index is 13.7. The van der Waals surface area contributed by atoms with Gasteiger partial charge in [-0.2, -0.15) is 0 Å². The lowest BCUT2D eigenvalue weighted by Crippen LogP contribution is -2.52. The Hall–Kier alpha value is -3.87. The van der Waals surface area contributed by atoms with Gasteiger partial charge >= 0.3 is 0 Å². The quantitative estimate of drug-likeness (QED) is 0.507. The number of carbonyl (C=O) groups is 3. The molecule has 3 aromatic rings. The summed E-state index contributed by atoms with van der Waals surface area (Å²) in [6, 6.07) is 18.0. The molecule has 0 aliphatic carbocycles. The van der Waals surface area contributed by atoms with Gasteiger partial charge in [0.15, 0.2) is 0 Å². The number of nitrogens with one attached hydrogen (secondary N) is 1. The number of nitrogens with zero attached hydrogens (tertiary/aromatic N) is 2. The number of anilines is 1. The number of ether oxygens (including phenoxy) is 1. The van der Waals surface area contributed by atoms with E-state index in [-0.39, 0.29) is 36.9 Å². The summed E-state index contributed by atoms with van der Waals surface area (Å²) in [7, 11) is 1.58. The molecule has 182 valence electrons. The van der Waals surface area contributed by atoms with Crippen molar-refractivity contribution in [1.29, 1.82) is 0 Å². The lowest BCUT2D eigenvalue weighted by Gasteiger charge is -2.31. The topological polar surface area (TPSA) is 79.0 Å². The molecule has 1 aliphatic rings. The third-order valence-corrected chi connectivity index (χ3v) is 6.60. The molecule has 1 N–H and O–H groups in total. The van der Waals surface area contributed by atoms with E-state index in [9.17, 15) is 14.4 Å². The van der Waals surface area contributed by atoms with Crippen molar-refractivity contribution >= 4 is 34.2 Å². The number of amides is 3. The fraction of sp³-hybridized carbons (Fsp3) is 0.321. The summed E-state index contributed by atoms with van der Waals surface area (Å²) < 4.78 is 5.33. The minimum atomic E-state index is -0.724. The Morgan fingerprint density at radius 3 is 2.49 bits per heavy atom. The van der Waals surface area contributed by atoms with E-state index < -0.39 is 6.04 Å². The van der Waals surface area contributed by atoms with Crippen LogP contribution in [0.1, 0.15) is 43.1 Å². The highest BCUT2D eigenvalue weighted by molar-refractivity contribution is 6.26. The van der Waals surface area contributed by atoms with Crippen LogP contribution in [0.25, 0.3) is 10.8 Å². The molecule has 0 bridgehead atoms. The largest absolute Gasteiger partial charge is 0.497 e. The van der Waals surface area contributed by atoms with E-state index in [2.05, 4.69) is 5.32 Å². The van der Waals surface area contributed by atoms with Crippen LogP contribution >= 0.6 is 0 Å². The molecule has 1 aliphatic heterocycles. The van der Waals surface area contributed by atoms with Crippen LogP contribution in [0, 0.1) is 0 Å². The molecule has 0 saturated carbocycles. The monoisotopic (exact) mass is 473 g/mol. The second kappa shape index (κ2) is 10.2. The van der Waals surface area contributed by atoms with Crippen LogP contribution in [-0.2, 0) is 16.1 Å². The molecule has 0 aromatic heterocycles. The van der Waals surface area contributed by atoms with Crippen LogP contribution in [0.5, 0.6) is 5.75 Å². The third-order valence-electron chi connectivity index (χ3n) is 6.60. The van der Waals surface area contributed by atoms with Crippen molar-refractivity contribution in [2.24, 2.45) is 0 Å². The first kappa shape index (κ1) is 24.3. The zero-order valence-electron chi connectivity index (χ0n) is 20.6. The number of benzene rings is 3. The van der Waals surface area contributed by atoms with Gasteiger partial charge in [0.1, 0.15) is 18.3 Å². The van der Waals surface area contributed by atoms with Crippen molar-refractivity contribution in [3.05, 3.63) is 71.8 Å². The summed E-state index contributed by atoms with van der Waals surface area (Å²) in [6.07, 6.45) is 0.785. The molecule has 0 saturated heterocycles. The molecular formula is C28H31N3O4. The van der Waals surface area contributed by atoms with E-state index in [1.54, 1.807) is 20.1 Å². The van der Waals surface area contributed by atoms with Gasteiger partial charge in [0.05, 0.1) is 12.8 Å². The summed E-state index contributed by atoms with van der Waals surface area (Å²) in [5.74, 6) is -0.0711. The van der Waals surface area contributed by atoms with Gasteiger partial charge in [-0.05, 0) is 55.5 Å². The molecular weight excluding hydrogens is 442 g/mol. The third kappa shape index (κ3) is 4.85. The Kier molecular flexibility index (Phi) is 7.05. The van der Waals surface area contributed by atoms with Crippen LogP contribution in [0.3, 0.4) is 0 Å². The van der Waals surface area contributed by atoms with Gasteiger partial charge in [0, 0.05) is 23.5 Å².